The van der Waals surface area contributed by atoms with Crippen molar-refractivity contribution < 1.29 is 0 Å². The Morgan fingerprint density at radius 1 is 1.36 bits per heavy atom. The molecule has 76 valence electrons. The molecule has 2 rings (SSSR count). The van der Waals surface area contributed by atoms with Crippen molar-refractivity contribution in [1.82, 2.24) is 9.97 Å². The summed E-state index contributed by atoms with van der Waals surface area (Å²) in [5, 5.41) is 2.01. The number of hydrogen-bond acceptors (Lipinski definition) is 4. The van der Waals surface area contributed by atoms with Crippen molar-refractivity contribution in [2.45, 2.75) is 36.0 Å². The first-order chi connectivity index (χ1) is 6.74. The zero-order chi connectivity index (χ0) is 9.97. The number of halogens is 1. The van der Waals surface area contributed by atoms with Gasteiger partial charge in [0, 0.05) is 11.3 Å². The van der Waals surface area contributed by atoms with Crippen LogP contribution in [0.4, 0.5) is 5.95 Å². The number of hydrogen-bond donors (Lipinski definition) is 1. The second-order valence-corrected chi connectivity index (χ2v) is 5.12. The van der Waals surface area contributed by atoms with Gasteiger partial charge in [0.2, 0.25) is 5.95 Å². The summed E-state index contributed by atoms with van der Waals surface area (Å²) in [5.41, 5.74) is 5.51. The molecule has 0 aliphatic heterocycles. The monoisotopic (exact) mass is 229 g/mol. The van der Waals surface area contributed by atoms with Crippen LogP contribution in [-0.4, -0.2) is 15.2 Å². The minimum atomic E-state index is 0.262. The summed E-state index contributed by atoms with van der Waals surface area (Å²) >= 11 is 7.56. The maximum atomic E-state index is 5.79. The lowest BCUT2D eigenvalue weighted by molar-refractivity contribution is 0.886. The summed E-state index contributed by atoms with van der Waals surface area (Å²) in [7, 11) is 0. The molecule has 0 spiro atoms. The van der Waals surface area contributed by atoms with Gasteiger partial charge in [-0.05, 0) is 12.8 Å². The zero-order valence-corrected chi connectivity index (χ0v) is 9.31. The highest BCUT2D eigenvalue weighted by Gasteiger charge is 2.17. The van der Waals surface area contributed by atoms with Gasteiger partial charge in [0.25, 0.3) is 0 Å². The first kappa shape index (κ1) is 10.1. The third kappa shape index (κ3) is 2.51. The molecule has 2 N–H and O–H groups in total. The summed E-state index contributed by atoms with van der Waals surface area (Å²) in [6.07, 6.45) is 5.19. The Bertz CT molecular complexity index is 306. The zero-order valence-electron chi connectivity index (χ0n) is 7.74. The highest BCUT2D eigenvalue weighted by Crippen LogP contribution is 2.34. The Morgan fingerprint density at radius 2 is 2.07 bits per heavy atom. The first-order valence-electron chi connectivity index (χ1n) is 4.71. The van der Waals surface area contributed by atoms with Crippen LogP contribution in [0.15, 0.2) is 11.1 Å². The van der Waals surface area contributed by atoms with E-state index in [4.69, 9.17) is 17.3 Å². The molecular formula is C9H12ClN3S. The van der Waals surface area contributed by atoms with Gasteiger partial charge in [0.05, 0.1) is 0 Å². The van der Waals surface area contributed by atoms with E-state index >= 15 is 0 Å². The van der Waals surface area contributed by atoms with Crippen LogP contribution < -0.4 is 5.73 Å². The Kier molecular flexibility index (Phi) is 3.13. The molecule has 0 bridgehead atoms. The van der Waals surface area contributed by atoms with E-state index in [1.165, 1.54) is 25.7 Å². The molecule has 0 aromatic carbocycles. The number of anilines is 1. The molecular weight excluding hydrogens is 218 g/mol. The minimum Gasteiger partial charge on any atom is -0.368 e. The van der Waals surface area contributed by atoms with Crippen LogP contribution in [0.3, 0.4) is 0 Å². The Balaban J connectivity index is 2.07. The average Bonchev–Trinajstić information content (AvgIpc) is 2.54. The molecule has 1 aromatic heterocycles. The van der Waals surface area contributed by atoms with Crippen molar-refractivity contribution in [1.29, 1.82) is 0 Å². The third-order valence-corrected chi connectivity index (χ3v) is 3.73. The molecule has 1 heterocycles. The molecule has 1 fully saturated rings. The minimum absolute atomic E-state index is 0.262. The van der Waals surface area contributed by atoms with E-state index in [0.717, 1.165) is 5.03 Å². The van der Waals surface area contributed by atoms with E-state index in [-0.39, 0.29) is 5.95 Å². The van der Waals surface area contributed by atoms with Crippen LogP contribution in [-0.2, 0) is 0 Å². The van der Waals surface area contributed by atoms with Crippen LogP contribution in [0.5, 0.6) is 0 Å². The molecule has 1 saturated carbocycles. The van der Waals surface area contributed by atoms with Crippen LogP contribution in [0, 0.1) is 0 Å². The summed E-state index contributed by atoms with van der Waals surface area (Å²) in [5.74, 6) is 0.262. The maximum Gasteiger partial charge on any atom is 0.222 e. The van der Waals surface area contributed by atoms with Gasteiger partial charge in [0.1, 0.15) is 10.2 Å². The van der Waals surface area contributed by atoms with E-state index in [1.807, 2.05) is 0 Å². The highest BCUT2D eigenvalue weighted by atomic mass is 35.5. The normalized spacial score (nSPS) is 17.5. The van der Waals surface area contributed by atoms with Crippen LogP contribution >= 0.6 is 23.4 Å². The van der Waals surface area contributed by atoms with Gasteiger partial charge in [0.15, 0.2) is 0 Å². The standard InChI is InChI=1S/C9H12ClN3S/c10-7-5-8(13-9(11)12-7)14-6-3-1-2-4-6/h5-6H,1-4H2,(H2,11,12,13). The Morgan fingerprint density at radius 3 is 2.71 bits per heavy atom. The Hall–Kier alpha value is -0.480. The SMILES string of the molecule is Nc1nc(Cl)cc(SC2CCCC2)n1. The van der Waals surface area contributed by atoms with Gasteiger partial charge < -0.3 is 5.73 Å². The van der Waals surface area contributed by atoms with E-state index in [9.17, 15) is 0 Å². The molecule has 5 heteroatoms. The van der Waals surface area contributed by atoms with Gasteiger partial charge in [-0.2, -0.15) is 0 Å². The molecule has 14 heavy (non-hydrogen) atoms. The van der Waals surface area contributed by atoms with E-state index in [2.05, 4.69) is 9.97 Å². The van der Waals surface area contributed by atoms with Crippen molar-refractivity contribution in [2.75, 3.05) is 5.73 Å². The first-order valence-corrected chi connectivity index (χ1v) is 5.96. The number of nitrogens with two attached hydrogens (primary N) is 1. The van der Waals surface area contributed by atoms with E-state index in [0.29, 0.717) is 10.4 Å². The summed E-state index contributed by atoms with van der Waals surface area (Å²) in [6.45, 7) is 0. The number of aromatic nitrogens is 2. The summed E-state index contributed by atoms with van der Waals surface area (Å²) in [6, 6.07) is 1.78. The largest absolute Gasteiger partial charge is 0.368 e. The fourth-order valence-corrected chi connectivity index (χ4v) is 3.14. The fourth-order valence-electron chi connectivity index (χ4n) is 1.65. The van der Waals surface area contributed by atoms with Gasteiger partial charge in [-0.1, -0.05) is 24.4 Å². The second kappa shape index (κ2) is 4.36. The van der Waals surface area contributed by atoms with Gasteiger partial charge in [-0.3, -0.25) is 0 Å². The van der Waals surface area contributed by atoms with Crippen LogP contribution in [0.1, 0.15) is 25.7 Å². The summed E-state index contributed by atoms with van der Waals surface area (Å²) < 4.78 is 0. The highest BCUT2D eigenvalue weighted by molar-refractivity contribution is 7.99. The molecule has 1 aromatic rings. The maximum absolute atomic E-state index is 5.79. The van der Waals surface area contributed by atoms with Crippen LogP contribution in [0.25, 0.3) is 0 Å². The quantitative estimate of drug-likeness (QED) is 0.793. The lowest BCUT2D eigenvalue weighted by Gasteiger charge is -2.07. The predicted octanol–water partition coefficient (Wildman–Crippen LogP) is 2.75. The van der Waals surface area contributed by atoms with Gasteiger partial charge >= 0.3 is 0 Å². The lowest BCUT2D eigenvalue weighted by Crippen LogP contribution is -1.99. The fraction of sp³-hybridized carbons (Fsp3) is 0.556. The molecule has 0 atom stereocenters. The van der Waals surface area contributed by atoms with Gasteiger partial charge in [-0.25, -0.2) is 9.97 Å². The molecule has 0 unspecified atom stereocenters. The van der Waals surface area contributed by atoms with Crippen molar-refractivity contribution in [3.05, 3.63) is 11.2 Å². The van der Waals surface area contributed by atoms with E-state index < -0.39 is 0 Å². The number of rotatable bonds is 2. The topological polar surface area (TPSA) is 51.8 Å². The van der Waals surface area contributed by atoms with Gasteiger partial charge in [-0.15, -0.1) is 11.8 Å². The smallest absolute Gasteiger partial charge is 0.222 e. The lowest BCUT2D eigenvalue weighted by atomic mass is 10.4. The molecule has 3 nitrogen and oxygen atoms in total. The molecule has 1 aliphatic rings. The number of nitrogen functional groups attached to an aromatic ring is 1. The molecule has 0 radical (unpaired) electrons. The van der Waals surface area contributed by atoms with Crippen molar-refractivity contribution in [3.63, 3.8) is 0 Å². The number of thioether (sulfide) groups is 1. The molecule has 1 aliphatic carbocycles. The third-order valence-electron chi connectivity index (χ3n) is 2.28. The van der Waals surface area contributed by atoms with Crippen molar-refractivity contribution >= 4 is 29.3 Å². The van der Waals surface area contributed by atoms with Crippen molar-refractivity contribution in [3.8, 4) is 0 Å². The molecule has 0 saturated heterocycles. The van der Waals surface area contributed by atoms with Crippen LogP contribution in [0.2, 0.25) is 5.15 Å². The summed E-state index contributed by atoms with van der Waals surface area (Å²) in [4.78, 5) is 7.97. The van der Waals surface area contributed by atoms with E-state index in [1.54, 1.807) is 17.8 Å². The number of nitrogens with zero attached hydrogens (tertiary/aromatic N) is 2. The second-order valence-electron chi connectivity index (χ2n) is 3.41. The average molecular weight is 230 g/mol. The predicted molar refractivity (Wildman–Crippen MR) is 59.6 cm³/mol. The molecule has 0 amide bonds. The van der Waals surface area contributed by atoms with Crippen molar-refractivity contribution in [2.24, 2.45) is 0 Å². The Labute approximate surface area is 92.5 Å².